The monoisotopic (exact) mass is 508 g/mol. The number of rotatable bonds is 7. The second-order valence-corrected chi connectivity index (χ2v) is 11.5. The van der Waals surface area contributed by atoms with Crippen LogP contribution >= 0.6 is 0 Å². The van der Waals surface area contributed by atoms with Crippen LogP contribution in [0.15, 0.2) is 36.7 Å². The Morgan fingerprint density at radius 2 is 1.73 bits per heavy atom. The summed E-state index contributed by atoms with van der Waals surface area (Å²) in [4.78, 5) is 33.2. The number of benzene rings is 1. The summed E-state index contributed by atoms with van der Waals surface area (Å²) >= 11 is 0. The number of carbonyl (C=O) groups is 2. The molecule has 1 aliphatic heterocycles. The van der Waals surface area contributed by atoms with Gasteiger partial charge in [0.1, 0.15) is 11.6 Å². The van der Waals surface area contributed by atoms with Crippen molar-refractivity contribution in [1.82, 2.24) is 29.8 Å². The molecule has 2 atom stereocenters. The second-order valence-electron chi connectivity index (χ2n) is 11.5. The van der Waals surface area contributed by atoms with E-state index in [2.05, 4.69) is 42.1 Å². The fourth-order valence-electron chi connectivity index (χ4n) is 4.95. The summed E-state index contributed by atoms with van der Waals surface area (Å²) in [7, 11) is 0. The second kappa shape index (κ2) is 10.9. The van der Waals surface area contributed by atoms with Crippen molar-refractivity contribution >= 4 is 22.9 Å². The highest BCUT2D eigenvalue weighted by molar-refractivity contribution is 5.85. The number of fused-ring (bicyclic) bond motifs is 1. The maximum Gasteiger partial charge on any atom is 0.410 e. The average Bonchev–Trinajstić information content (AvgIpc) is 3.48. The number of carbonyl (C=O) groups excluding carboxylic acids is 2. The third-order valence-corrected chi connectivity index (χ3v) is 6.79. The summed E-state index contributed by atoms with van der Waals surface area (Å²) < 4.78 is 7.24. The molecule has 37 heavy (non-hydrogen) atoms. The van der Waals surface area contributed by atoms with E-state index in [0.717, 1.165) is 28.6 Å². The lowest BCUT2D eigenvalue weighted by molar-refractivity contribution is -0.136. The molecular weight excluding hydrogens is 468 g/mol. The van der Waals surface area contributed by atoms with Gasteiger partial charge in [0.05, 0.1) is 5.69 Å². The van der Waals surface area contributed by atoms with Gasteiger partial charge >= 0.3 is 6.09 Å². The van der Waals surface area contributed by atoms with E-state index in [1.807, 2.05) is 56.3 Å². The van der Waals surface area contributed by atoms with Crippen molar-refractivity contribution in [2.75, 3.05) is 26.2 Å². The van der Waals surface area contributed by atoms with Crippen LogP contribution in [0.1, 0.15) is 71.2 Å². The third kappa shape index (κ3) is 6.50. The number of hydrogen-bond donors (Lipinski definition) is 1. The zero-order chi connectivity index (χ0) is 26.7. The van der Waals surface area contributed by atoms with Crippen LogP contribution in [0.5, 0.6) is 0 Å². The van der Waals surface area contributed by atoms with Crippen molar-refractivity contribution in [2.24, 2.45) is 5.92 Å². The van der Waals surface area contributed by atoms with Crippen molar-refractivity contribution < 1.29 is 14.3 Å². The molecule has 3 heterocycles. The molecule has 9 heteroatoms. The summed E-state index contributed by atoms with van der Waals surface area (Å²) in [6.45, 7) is 13.9. The SMILES string of the molecule is CC(C)C[C@H](C)c1cn([C@@H](Cc2c[nH]c3ccccc23)C(=O)N2CCN(C(=O)OC(C)(C)C)CC2)nn1. The van der Waals surface area contributed by atoms with Gasteiger partial charge in [-0.25, -0.2) is 9.48 Å². The first-order valence-corrected chi connectivity index (χ1v) is 13.2. The minimum absolute atomic E-state index is 0.0120. The Labute approximate surface area is 219 Å². The van der Waals surface area contributed by atoms with E-state index >= 15 is 0 Å². The Morgan fingerprint density at radius 3 is 2.41 bits per heavy atom. The molecule has 2 amide bonds. The molecular formula is C28H40N6O3. The Morgan fingerprint density at radius 1 is 1.05 bits per heavy atom. The molecule has 0 bridgehead atoms. The van der Waals surface area contributed by atoms with Crippen molar-refractivity contribution in [3.8, 4) is 0 Å². The van der Waals surface area contributed by atoms with E-state index in [-0.39, 0.29) is 17.9 Å². The average molecular weight is 509 g/mol. The molecule has 0 unspecified atom stereocenters. The van der Waals surface area contributed by atoms with Crippen LogP contribution in [0.25, 0.3) is 10.9 Å². The van der Waals surface area contributed by atoms with Crippen LogP contribution in [0.4, 0.5) is 4.79 Å². The number of aromatic nitrogens is 4. The number of para-hydroxylation sites is 1. The molecule has 200 valence electrons. The van der Waals surface area contributed by atoms with Gasteiger partial charge in [-0.1, -0.05) is 44.2 Å². The van der Waals surface area contributed by atoms with Gasteiger partial charge in [-0.15, -0.1) is 5.10 Å². The van der Waals surface area contributed by atoms with Crippen LogP contribution in [-0.2, 0) is 16.0 Å². The molecule has 2 aromatic heterocycles. The summed E-state index contributed by atoms with van der Waals surface area (Å²) in [6, 6.07) is 7.58. The van der Waals surface area contributed by atoms with Crippen molar-refractivity contribution in [1.29, 1.82) is 0 Å². The number of aromatic amines is 1. The quantitative estimate of drug-likeness (QED) is 0.496. The molecule has 9 nitrogen and oxygen atoms in total. The van der Waals surface area contributed by atoms with Gasteiger partial charge in [0.25, 0.3) is 0 Å². The molecule has 3 aromatic rings. The number of piperazine rings is 1. The lowest BCUT2D eigenvalue weighted by Gasteiger charge is -2.37. The molecule has 1 saturated heterocycles. The molecule has 4 rings (SSSR count). The molecule has 0 aliphatic carbocycles. The molecule has 1 aromatic carbocycles. The van der Waals surface area contributed by atoms with Crippen LogP contribution in [0, 0.1) is 5.92 Å². The van der Waals surface area contributed by atoms with Crippen molar-refractivity contribution in [3.63, 3.8) is 0 Å². The standard InChI is InChI=1S/C28H40N6O3/c1-19(2)15-20(3)24-18-34(31-30-24)25(16-21-17-29-23-10-8-7-9-22(21)23)26(35)32-11-13-33(14-12-32)27(36)37-28(4,5)6/h7-10,17-20,25,29H,11-16H2,1-6H3/t20-,25-/m0/s1. The summed E-state index contributed by atoms with van der Waals surface area (Å²) in [5.74, 6) is 0.794. The van der Waals surface area contributed by atoms with E-state index in [1.165, 1.54) is 0 Å². The van der Waals surface area contributed by atoms with Gasteiger partial charge in [0.15, 0.2) is 0 Å². The topological polar surface area (TPSA) is 96.4 Å². The first-order valence-electron chi connectivity index (χ1n) is 13.2. The van der Waals surface area contributed by atoms with E-state index in [1.54, 1.807) is 9.58 Å². The van der Waals surface area contributed by atoms with Gasteiger partial charge in [0.2, 0.25) is 5.91 Å². The molecule has 1 aliphatic rings. The zero-order valence-corrected chi connectivity index (χ0v) is 22.9. The number of amides is 2. The van der Waals surface area contributed by atoms with Crippen LogP contribution in [0.3, 0.4) is 0 Å². The van der Waals surface area contributed by atoms with Gasteiger partial charge in [-0.2, -0.15) is 0 Å². The highest BCUT2D eigenvalue weighted by Crippen LogP contribution is 2.27. The lowest BCUT2D eigenvalue weighted by atomic mass is 9.96. The number of ether oxygens (including phenoxy) is 1. The zero-order valence-electron chi connectivity index (χ0n) is 22.9. The van der Waals surface area contributed by atoms with E-state index in [0.29, 0.717) is 38.5 Å². The number of hydrogen-bond acceptors (Lipinski definition) is 5. The normalized spacial score (nSPS) is 16.3. The molecule has 1 fully saturated rings. The largest absolute Gasteiger partial charge is 0.444 e. The maximum absolute atomic E-state index is 13.9. The Balaban J connectivity index is 1.54. The van der Waals surface area contributed by atoms with Crippen molar-refractivity contribution in [3.05, 3.63) is 47.9 Å². The predicted molar refractivity (Wildman–Crippen MR) is 143 cm³/mol. The molecule has 0 saturated carbocycles. The molecule has 0 radical (unpaired) electrons. The van der Waals surface area contributed by atoms with Crippen LogP contribution in [-0.4, -0.2) is 73.6 Å². The number of nitrogens with zero attached hydrogens (tertiary/aromatic N) is 5. The van der Waals surface area contributed by atoms with E-state index in [9.17, 15) is 9.59 Å². The fourth-order valence-corrected chi connectivity index (χ4v) is 4.95. The Bertz CT molecular complexity index is 1220. The van der Waals surface area contributed by atoms with Crippen molar-refractivity contribution in [2.45, 2.75) is 71.9 Å². The summed E-state index contributed by atoms with van der Waals surface area (Å²) in [5.41, 5.74) is 2.46. The molecule has 0 spiro atoms. The highest BCUT2D eigenvalue weighted by Gasteiger charge is 2.33. The summed E-state index contributed by atoms with van der Waals surface area (Å²) in [5, 5.41) is 9.97. The molecule has 1 N–H and O–H groups in total. The predicted octanol–water partition coefficient (Wildman–Crippen LogP) is 4.77. The van der Waals surface area contributed by atoms with Gasteiger partial charge < -0.3 is 19.5 Å². The third-order valence-electron chi connectivity index (χ3n) is 6.79. The lowest BCUT2D eigenvalue weighted by Crippen LogP contribution is -2.53. The Hall–Kier alpha value is -3.36. The maximum atomic E-state index is 13.9. The van der Waals surface area contributed by atoms with Gasteiger partial charge in [-0.05, 0) is 44.7 Å². The Kier molecular flexibility index (Phi) is 7.90. The van der Waals surface area contributed by atoms with Crippen LogP contribution in [0.2, 0.25) is 0 Å². The van der Waals surface area contributed by atoms with E-state index in [4.69, 9.17) is 4.74 Å². The first kappa shape index (κ1) is 26.7. The number of nitrogens with one attached hydrogen (secondary N) is 1. The highest BCUT2D eigenvalue weighted by atomic mass is 16.6. The summed E-state index contributed by atoms with van der Waals surface area (Å²) in [6.07, 6.45) is 5.07. The smallest absolute Gasteiger partial charge is 0.410 e. The fraction of sp³-hybridized carbons (Fsp3) is 0.571. The van der Waals surface area contributed by atoms with E-state index < -0.39 is 11.6 Å². The minimum atomic E-state index is -0.550. The first-order chi connectivity index (χ1) is 17.5. The number of H-pyrrole nitrogens is 1. The van der Waals surface area contributed by atoms with Gasteiger partial charge in [0, 0.05) is 61.8 Å². The minimum Gasteiger partial charge on any atom is -0.444 e. The van der Waals surface area contributed by atoms with Gasteiger partial charge in [-0.3, -0.25) is 4.79 Å². The van der Waals surface area contributed by atoms with Crippen LogP contribution < -0.4 is 0 Å².